The molecule has 0 aliphatic carbocycles. The Morgan fingerprint density at radius 2 is 2.36 bits per heavy atom. The highest BCUT2D eigenvalue weighted by Crippen LogP contribution is 1.91. The van der Waals surface area contributed by atoms with Crippen LogP contribution < -0.4 is 5.32 Å². The Kier molecular flexibility index (Phi) is 5.78. The first-order valence-electron chi connectivity index (χ1n) is 3.66. The zero-order valence-electron chi connectivity index (χ0n) is 6.96. The van der Waals surface area contributed by atoms with Crippen molar-refractivity contribution in [2.45, 2.75) is 19.4 Å². The predicted molar refractivity (Wildman–Crippen MR) is 41.2 cm³/mol. The van der Waals surface area contributed by atoms with Gasteiger partial charge in [-0.1, -0.05) is 6.92 Å². The third-order valence-electron chi connectivity index (χ3n) is 1.26. The number of methoxy groups -OCH3 is 1. The second kappa shape index (κ2) is 6.12. The molecule has 0 aromatic carbocycles. The normalized spacial score (nSPS) is 12.6. The summed E-state index contributed by atoms with van der Waals surface area (Å²) in [5, 5.41) is 12.0. The molecule has 0 aromatic heterocycles. The minimum absolute atomic E-state index is 0.0590. The lowest BCUT2D eigenvalue weighted by atomic mass is 10.2. The van der Waals surface area contributed by atoms with E-state index in [0.29, 0.717) is 6.54 Å². The fourth-order valence-corrected chi connectivity index (χ4v) is 0.659. The number of aliphatic hydroxyl groups excluding tert-OH is 1. The van der Waals surface area contributed by atoms with Crippen LogP contribution >= 0.6 is 0 Å². The average Bonchev–Trinajstić information content (AvgIpc) is 2.00. The van der Waals surface area contributed by atoms with E-state index in [2.05, 4.69) is 10.1 Å². The lowest BCUT2D eigenvalue weighted by Crippen LogP contribution is -2.28. The van der Waals surface area contributed by atoms with Crippen LogP contribution in [0, 0.1) is 0 Å². The van der Waals surface area contributed by atoms with Gasteiger partial charge in [-0.2, -0.15) is 0 Å². The van der Waals surface area contributed by atoms with Gasteiger partial charge in [-0.05, 0) is 6.54 Å². The van der Waals surface area contributed by atoms with Gasteiger partial charge < -0.3 is 15.2 Å². The highest BCUT2D eigenvalue weighted by Gasteiger charge is 2.09. The molecule has 4 heteroatoms. The van der Waals surface area contributed by atoms with Crippen LogP contribution in [0.15, 0.2) is 0 Å². The van der Waals surface area contributed by atoms with Gasteiger partial charge >= 0.3 is 5.97 Å². The number of hydrogen-bond donors (Lipinski definition) is 2. The Hall–Kier alpha value is -0.610. The van der Waals surface area contributed by atoms with Gasteiger partial charge in [0.05, 0.1) is 19.6 Å². The maximum atomic E-state index is 10.6. The molecule has 0 radical (unpaired) electrons. The third-order valence-corrected chi connectivity index (χ3v) is 1.26. The van der Waals surface area contributed by atoms with Gasteiger partial charge in [-0.25, -0.2) is 0 Å². The number of aliphatic hydroxyl groups is 1. The second-order valence-corrected chi connectivity index (χ2v) is 2.24. The van der Waals surface area contributed by atoms with E-state index >= 15 is 0 Å². The largest absolute Gasteiger partial charge is 0.469 e. The molecule has 0 saturated heterocycles. The number of ether oxygens (including phenoxy) is 1. The lowest BCUT2D eigenvalue weighted by molar-refractivity contribution is -0.142. The summed E-state index contributed by atoms with van der Waals surface area (Å²) in [5.41, 5.74) is 0. The van der Waals surface area contributed by atoms with Crippen molar-refractivity contribution in [3.63, 3.8) is 0 Å². The minimum atomic E-state index is -0.637. The van der Waals surface area contributed by atoms with Crippen molar-refractivity contribution in [3.05, 3.63) is 0 Å². The van der Waals surface area contributed by atoms with Gasteiger partial charge in [0, 0.05) is 6.54 Å². The van der Waals surface area contributed by atoms with E-state index in [4.69, 9.17) is 5.11 Å². The lowest BCUT2D eigenvalue weighted by Gasteiger charge is -2.08. The zero-order chi connectivity index (χ0) is 8.69. The molecular weight excluding hydrogens is 146 g/mol. The van der Waals surface area contributed by atoms with E-state index < -0.39 is 6.10 Å². The Labute approximate surface area is 66.5 Å². The summed E-state index contributed by atoms with van der Waals surface area (Å²) in [6.07, 6.45) is -0.578. The Morgan fingerprint density at radius 1 is 1.73 bits per heavy atom. The number of nitrogens with one attached hydrogen (secondary N) is 1. The van der Waals surface area contributed by atoms with Gasteiger partial charge in [0.25, 0.3) is 0 Å². The molecule has 0 saturated carbocycles. The van der Waals surface area contributed by atoms with Crippen LogP contribution in [0.25, 0.3) is 0 Å². The standard InChI is InChI=1S/C7H15NO3/c1-3-8-5-6(9)4-7(10)11-2/h6,8-9H,3-5H2,1-2H3. The maximum absolute atomic E-state index is 10.6. The summed E-state index contributed by atoms with van der Waals surface area (Å²) < 4.78 is 4.37. The van der Waals surface area contributed by atoms with Crippen molar-refractivity contribution in [2.24, 2.45) is 0 Å². The summed E-state index contributed by atoms with van der Waals surface area (Å²) in [7, 11) is 1.31. The molecule has 0 fully saturated rings. The molecule has 66 valence electrons. The predicted octanol–water partition coefficient (Wildman–Crippen LogP) is -0.480. The van der Waals surface area contributed by atoms with E-state index in [1.165, 1.54) is 7.11 Å². The third kappa shape index (κ3) is 5.82. The van der Waals surface area contributed by atoms with Crippen LogP contribution in [0.3, 0.4) is 0 Å². The van der Waals surface area contributed by atoms with E-state index in [9.17, 15) is 4.79 Å². The van der Waals surface area contributed by atoms with Crippen LogP contribution in [0.5, 0.6) is 0 Å². The average molecular weight is 161 g/mol. The van der Waals surface area contributed by atoms with Gasteiger partial charge in [0.2, 0.25) is 0 Å². The number of esters is 1. The summed E-state index contributed by atoms with van der Waals surface area (Å²) in [6, 6.07) is 0. The number of likely N-dealkylation sites (N-methyl/N-ethyl adjacent to an activating group) is 1. The van der Waals surface area contributed by atoms with E-state index in [-0.39, 0.29) is 12.4 Å². The molecule has 2 N–H and O–H groups in total. The first kappa shape index (κ1) is 10.4. The van der Waals surface area contributed by atoms with Crippen LogP contribution in [0.1, 0.15) is 13.3 Å². The Bertz CT molecular complexity index is 116. The number of hydrogen-bond acceptors (Lipinski definition) is 4. The van der Waals surface area contributed by atoms with Gasteiger partial charge in [-0.15, -0.1) is 0 Å². The van der Waals surface area contributed by atoms with E-state index in [1.807, 2.05) is 6.92 Å². The summed E-state index contributed by atoms with van der Waals surface area (Å²) in [5.74, 6) is -0.379. The molecule has 0 aliphatic rings. The van der Waals surface area contributed by atoms with Crippen molar-refractivity contribution in [3.8, 4) is 0 Å². The molecule has 0 rings (SSSR count). The van der Waals surface area contributed by atoms with E-state index in [0.717, 1.165) is 6.54 Å². The molecular formula is C7H15NO3. The van der Waals surface area contributed by atoms with Crippen molar-refractivity contribution in [1.29, 1.82) is 0 Å². The van der Waals surface area contributed by atoms with Crippen molar-refractivity contribution in [2.75, 3.05) is 20.2 Å². The maximum Gasteiger partial charge on any atom is 0.308 e. The number of rotatable bonds is 5. The molecule has 0 heterocycles. The summed E-state index contributed by atoms with van der Waals surface area (Å²) in [6.45, 7) is 3.16. The van der Waals surface area contributed by atoms with E-state index in [1.54, 1.807) is 0 Å². The smallest absolute Gasteiger partial charge is 0.308 e. The van der Waals surface area contributed by atoms with Crippen LogP contribution in [0.2, 0.25) is 0 Å². The highest BCUT2D eigenvalue weighted by molar-refractivity contribution is 5.69. The quantitative estimate of drug-likeness (QED) is 0.535. The molecule has 0 bridgehead atoms. The van der Waals surface area contributed by atoms with Crippen LogP contribution in [-0.4, -0.2) is 37.4 Å². The van der Waals surface area contributed by atoms with Gasteiger partial charge in [0.15, 0.2) is 0 Å². The molecule has 11 heavy (non-hydrogen) atoms. The zero-order valence-corrected chi connectivity index (χ0v) is 6.96. The first-order chi connectivity index (χ1) is 5.20. The molecule has 0 aliphatic heterocycles. The Balaban J connectivity index is 3.35. The minimum Gasteiger partial charge on any atom is -0.469 e. The molecule has 0 aromatic rings. The molecule has 1 unspecified atom stereocenters. The fourth-order valence-electron chi connectivity index (χ4n) is 0.659. The van der Waals surface area contributed by atoms with Crippen LogP contribution in [-0.2, 0) is 9.53 Å². The Morgan fingerprint density at radius 3 is 2.82 bits per heavy atom. The van der Waals surface area contributed by atoms with Crippen molar-refractivity contribution in [1.82, 2.24) is 5.32 Å². The van der Waals surface area contributed by atoms with Crippen molar-refractivity contribution < 1.29 is 14.6 Å². The monoisotopic (exact) mass is 161 g/mol. The molecule has 0 amide bonds. The van der Waals surface area contributed by atoms with Gasteiger partial charge in [0.1, 0.15) is 0 Å². The summed E-state index contributed by atoms with van der Waals surface area (Å²) >= 11 is 0. The fraction of sp³-hybridized carbons (Fsp3) is 0.857. The summed E-state index contributed by atoms with van der Waals surface area (Å²) in [4.78, 5) is 10.6. The van der Waals surface area contributed by atoms with Crippen LogP contribution in [0.4, 0.5) is 0 Å². The SMILES string of the molecule is CCNCC(O)CC(=O)OC. The topological polar surface area (TPSA) is 58.6 Å². The molecule has 0 spiro atoms. The molecule has 4 nitrogen and oxygen atoms in total. The number of carbonyl (C=O) groups excluding carboxylic acids is 1. The second-order valence-electron chi connectivity index (χ2n) is 2.24. The van der Waals surface area contributed by atoms with Gasteiger partial charge in [-0.3, -0.25) is 4.79 Å². The van der Waals surface area contributed by atoms with Crippen molar-refractivity contribution >= 4 is 5.97 Å². The highest BCUT2D eigenvalue weighted by atomic mass is 16.5. The first-order valence-corrected chi connectivity index (χ1v) is 3.66. The molecule has 1 atom stereocenters. The number of carbonyl (C=O) groups is 1.